The van der Waals surface area contributed by atoms with Gasteiger partial charge in [-0.2, -0.15) is 0 Å². The molecule has 0 heteroatoms. The molecule has 0 spiro atoms. The van der Waals surface area contributed by atoms with Crippen molar-refractivity contribution >= 4 is 0 Å². The molecule has 5 aliphatic rings. The molecule has 96 valence electrons. The Kier molecular flexibility index (Phi) is 2.25. The molecule has 0 saturated heterocycles. The van der Waals surface area contributed by atoms with Gasteiger partial charge in [0, 0.05) is 0 Å². The van der Waals surface area contributed by atoms with Crippen LogP contribution >= 0.6 is 0 Å². The number of hydrogen-bond donors (Lipinski definition) is 0. The van der Waals surface area contributed by atoms with Gasteiger partial charge in [0.25, 0.3) is 0 Å². The van der Waals surface area contributed by atoms with E-state index in [-0.39, 0.29) is 0 Å². The predicted octanol–water partition coefficient (Wildman–Crippen LogP) is 5.17. The zero-order valence-electron chi connectivity index (χ0n) is 11.5. The van der Waals surface area contributed by atoms with Gasteiger partial charge in [-0.05, 0) is 80.0 Å². The van der Waals surface area contributed by atoms with Gasteiger partial charge in [0.05, 0.1) is 0 Å². The summed E-state index contributed by atoms with van der Waals surface area (Å²) in [5.74, 6) is 3.42. The van der Waals surface area contributed by atoms with Crippen molar-refractivity contribution in [3.63, 3.8) is 0 Å². The van der Waals surface area contributed by atoms with Gasteiger partial charge in [-0.25, -0.2) is 0 Å². The van der Waals surface area contributed by atoms with Gasteiger partial charge >= 0.3 is 0 Å². The minimum absolute atomic E-state index is 0.737. The van der Waals surface area contributed by atoms with Crippen LogP contribution in [0.15, 0.2) is 0 Å². The van der Waals surface area contributed by atoms with E-state index in [0.29, 0.717) is 0 Å². The quantitative estimate of drug-likeness (QED) is 0.585. The summed E-state index contributed by atoms with van der Waals surface area (Å²) >= 11 is 0. The van der Waals surface area contributed by atoms with E-state index in [0.717, 1.165) is 28.6 Å². The Bertz CT molecular complexity index is 273. The predicted molar refractivity (Wildman–Crippen MR) is 71.8 cm³/mol. The Balaban J connectivity index is 1.67. The van der Waals surface area contributed by atoms with E-state index in [1.807, 2.05) is 0 Å². The van der Waals surface area contributed by atoms with Crippen LogP contribution in [0.4, 0.5) is 0 Å². The molecule has 4 bridgehead atoms. The normalized spacial score (nSPS) is 51.7. The summed E-state index contributed by atoms with van der Waals surface area (Å²) in [6, 6.07) is 0. The van der Waals surface area contributed by atoms with E-state index in [1.165, 1.54) is 19.3 Å². The molecule has 0 atom stereocenters. The standard InChI is InChI=1S/C17H28/c1-16(5-3-2-4-6-16)17-10-13-7-14(11-17)9-15(8-13)12-17/h13-15H,2-12H2,1H3. The smallest absolute Gasteiger partial charge is 0.0236 e. The van der Waals surface area contributed by atoms with Crippen LogP contribution in [0, 0.1) is 28.6 Å². The Labute approximate surface area is 107 Å². The highest BCUT2D eigenvalue weighted by Gasteiger charge is 2.58. The van der Waals surface area contributed by atoms with Crippen LogP contribution in [0.2, 0.25) is 0 Å². The van der Waals surface area contributed by atoms with Crippen molar-refractivity contribution in [2.75, 3.05) is 0 Å². The Morgan fingerprint density at radius 1 is 0.706 bits per heavy atom. The van der Waals surface area contributed by atoms with Crippen LogP contribution in [0.1, 0.15) is 77.6 Å². The van der Waals surface area contributed by atoms with Gasteiger partial charge in [0.15, 0.2) is 0 Å². The van der Waals surface area contributed by atoms with Crippen LogP contribution in [0.25, 0.3) is 0 Å². The fourth-order valence-corrected chi connectivity index (χ4v) is 6.71. The van der Waals surface area contributed by atoms with Crippen molar-refractivity contribution in [3.05, 3.63) is 0 Å². The van der Waals surface area contributed by atoms with Crippen molar-refractivity contribution in [1.29, 1.82) is 0 Å². The highest BCUT2D eigenvalue weighted by molar-refractivity contribution is 5.08. The Morgan fingerprint density at radius 2 is 1.18 bits per heavy atom. The number of hydrogen-bond acceptors (Lipinski definition) is 0. The zero-order valence-corrected chi connectivity index (χ0v) is 11.5. The molecule has 0 heterocycles. The first-order valence-corrected chi connectivity index (χ1v) is 8.19. The average Bonchev–Trinajstić information content (AvgIpc) is 2.28. The topological polar surface area (TPSA) is 0 Å². The molecule has 0 aromatic rings. The van der Waals surface area contributed by atoms with E-state index in [1.54, 1.807) is 51.4 Å². The number of rotatable bonds is 1. The summed E-state index contributed by atoms with van der Waals surface area (Å²) in [7, 11) is 0. The molecule has 0 amide bonds. The second-order valence-corrected chi connectivity index (χ2v) is 8.32. The third kappa shape index (κ3) is 1.48. The lowest BCUT2D eigenvalue weighted by Crippen LogP contribution is -2.54. The lowest BCUT2D eigenvalue weighted by Gasteiger charge is -2.64. The average molecular weight is 232 g/mol. The molecule has 5 rings (SSSR count). The van der Waals surface area contributed by atoms with Gasteiger partial charge < -0.3 is 0 Å². The monoisotopic (exact) mass is 232 g/mol. The molecule has 0 aromatic carbocycles. The first kappa shape index (κ1) is 10.9. The van der Waals surface area contributed by atoms with Crippen molar-refractivity contribution in [2.24, 2.45) is 28.6 Å². The van der Waals surface area contributed by atoms with E-state index >= 15 is 0 Å². The first-order chi connectivity index (χ1) is 8.19. The fourth-order valence-electron chi connectivity index (χ4n) is 6.71. The second kappa shape index (κ2) is 3.52. The fraction of sp³-hybridized carbons (Fsp3) is 1.00. The third-order valence-corrected chi connectivity index (χ3v) is 7.28. The van der Waals surface area contributed by atoms with Crippen molar-refractivity contribution in [3.8, 4) is 0 Å². The molecular formula is C17H28. The minimum Gasteiger partial charge on any atom is -0.0591 e. The summed E-state index contributed by atoms with van der Waals surface area (Å²) < 4.78 is 0. The first-order valence-electron chi connectivity index (χ1n) is 8.19. The van der Waals surface area contributed by atoms with Gasteiger partial charge in [0.1, 0.15) is 0 Å². The third-order valence-electron chi connectivity index (χ3n) is 7.28. The summed E-state index contributed by atoms with van der Waals surface area (Å²) in [6.07, 6.45) is 17.4. The molecule has 0 aliphatic heterocycles. The SMILES string of the molecule is CC1(C23CC4CC(CC(C4)C2)C3)CCCCC1. The summed E-state index contributed by atoms with van der Waals surface area (Å²) in [5.41, 5.74) is 1.55. The van der Waals surface area contributed by atoms with Gasteiger partial charge in [0.2, 0.25) is 0 Å². The molecule has 5 saturated carbocycles. The summed E-state index contributed by atoms with van der Waals surface area (Å²) in [6.45, 7) is 2.68. The lowest BCUT2D eigenvalue weighted by atomic mass is 9.41. The molecule has 5 aliphatic carbocycles. The van der Waals surface area contributed by atoms with E-state index < -0.39 is 0 Å². The highest BCUT2D eigenvalue weighted by Crippen LogP contribution is 2.68. The molecule has 0 radical (unpaired) electrons. The van der Waals surface area contributed by atoms with Gasteiger partial charge in [-0.3, -0.25) is 0 Å². The lowest BCUT2D eigenvalue weighted by molar-refractivity contribution is -0.137. The highest BCUT2D eigenvalue weighted by atomic mass is 14.6. The maximum absolute atomic E-state index is 2.68. The minimum atomic E-state index is 0.737. The van der Waals surface area contributed by atoms with Gasteiger partial charge in [-0.15, -0.1) is 0 Å². The van der Waals surface area contributed by atoms with Crippen LogP contribution in [0.3, 0.4) is 0 Å². The van der Waals surface area contributed by atoms with E-state index in [4.69, 9.17) is 0 Å². The van der Waals surface area contributed by atoms with E-state index in [2.05, 4.69) is 6.92 Å². The van der Waals surface area contributed by atoms with Crippen molar-refractivity contribution in [1.82, 2.24) is 0 Å². The maximum atomic E-state index is 2.68. The van der Waals surface area contributed by atoms with Gasteiger partial charge in [-0.1, -0.05) is 26.2 Å². The van der Waals surface area contributed by atoms with Crippen molar-refractivity contribution in [2.45, 2.75) is 77.6 Å². The zero-order chi connectivity index (χ0) is 11.5. The molecule has 17 heavy (non-hydrogen) atoms. The summed E-state index contributed by atoms with van der Waals surface area (Å²) in [5, 5.41) is 0. The summed E-state index contributed by atoms with van der Waals surface area (Å²) in [4.78, 5) is 0. The molecule has 0 unspecified atom stereocenters. The maximum Gasteiger partial charge on any atom is -0.0236 e. The van der Waals surface area contributed by atoms with Crippen LogP contribution in [-0.2, 0) is 0 Å². The van der Waals surface area contributed by atoms with Crippen LogP contribution < -0.4 is 0 Å². The van der Waals surface area contributed by atoms with Crippen LogP contribution in [0.5, 0.6) is 0 Å². The molecule has 0 N–H and O–H groups in total. The Morgan fingerprint density at radius 3 is 1.65 bits per heavy atom. The van der Waals surface area contributed by atoms with Crippen molar-refractivity contribution < 1.29 is 0 Å². The van der Waals surface area contributed by atoms with E-state index in [9.17, 15) is 0 Å². The molecule has 0 aromatic heterocycles. The molecule has 0 nitrogen and oxygen atoms in total. The van der Waals surface area contributed by atoms with Crippen LogP contribution in [-0.4, -0.2) is 0 Å². The molecule has 5 fully saturated rings. The Hall–Kier alpha value is 0. The second-order valence-electron chi connectivity index (χ2n) is 8.32. The molecular weight excluding hydrogens is 204 g/mol. The largest absolute Gasteiger partial charge is 0.0591 e.